The van der Waals surface area contributed by atoms with Crippen LogP contribution in [0.2, 0.25) is 0 Å². The maximum atomic E-state index is 5.99. The van der Waals surface area contributed by atoms with E-state index in [0.717, 1.165) is 28.2 Å². The highest BCUT2D eigenvalue weighted by molar-refractivity contribution is 6.50. The van der Waals surface area contributed by atoms with Crippen LogP contribution < -0.4 is 4.74 Å². The largest absolute Gasteiger partial charge is 0.489 e. The van der Waals surface area contributed by atoms with E-state index in [4.69, 9.17) is 9.73 Å². The van der Waals surface area contributed by atoms with E-state index in [0.29, 0.717) is 24.9 Å². The van der Waals surface area contributed by atoms with Crippen molar-refractivity contribution in [3.05, 3.63) is 107 Å². The van der Waals surface area contributed by atoms with Crippen molar-refractivity contribution in [3.8, 4) is 5.75 Å². The molecule has 1 aliphatic rings. The molecule has 1 aromatic heterocycles. The molecular formula is C25H21N5O. The van der Waals surface area contributed by atoms with Gasteiger partial charge >= 0.3 is 0 Å². The zero-order chi connectivity index (χ0) is 21.0. The number of aliphatic imine (C=N–C) groups is 2. The van der Waals surface area contributed by atoms with Gasteiger partial charge in [-0.2, -0.15) is 14.8 Å². The van der Waals surface area contributed by atoms with Gasteiger partial charge in [-0.1, -0.05) is 72.3 Å². The van der Waals surface area contributed by atoms with E-state index >= 15 is 0 Å². The van der Waals surface area contributed by atoms with Gasteiger partial charge in [0.25, 0.3) is 5.95 Å². The number of fused-ring (bicyclic) bond motifs is 1. The van der Waals surface area contributed by atoms with Crippen LogP contribution in [0.15, 0.2) is 95.2 Å². The normalized spacial score (nSPS) is 13.8. The minimum Gasteiger partial charge on any atom is -0.489 e. The van der Waals surface area contributed by atoms with Crippen LogP contribution in [0.4, 0.5) is 5.95 Å². The molecule has 0 fully saturated rings. The van der Waals surface area contributed by atoms with Gasteiger partial charge in [0.1, 0.15) is 24.4 Å². The third-order valence-electron chi connectivity index (χ3n) is 5.04. The topological polar surface area (TPSA) is 64.7 Å². The molecule has 0 radical (unpaired) electrons. The molecule has 152 valence electrons. The van der Waals surface area contributed by atoms with Crippen LogP contribution >= 0.6 is 0 Å². The molecule has 31 heavy (non-hydrogen) atoms. The van der Waals surface area contributed by atoms with Gasteiger partial charge in [-0.05, 0) is 30.2 Å². The van der Waals surface area contributed by atoms with E-state index < -0.39 is 0 Å². The van der Waals surface area contributed by atoms with Gasteiger partial charge in [0, 0.05) is 5.56 Å². The van der Waals surface area contributed by atoms with E-state index in [1.165, 1.54) is 11.9 Å². The van der Waals surface area contributed by atoms with Crippen molar-refractivity contribution in [1.82, 2.24) is 14.8 Å². The Morgan fingerprint density at radius 1 is 0.903 bits per heavy atom. The summed E-state index contributed by atoms with van der Waals surface area (Å²) < 4.78 is 7.68. The highest BCUT2D eigenvalue weighted by Gasteiger charge is 2.25. The molecule has 3 aromatic carbocycles. The van der Waals surface area contributed by atoms with Crippen LogP contribution in [0.5, 0.6) is 5.75 Å². The Labute approximate surface area is 180 Å². The van der Waals surface area contributed by atoms with Gasteiger partial charge in [-0.15, -0.1) is 0 Å². The highest BCUT2D eigenvalue weighted by atomic mass is 16.5. The molecule has 2 heterocycles. The molecule has 0 saturated carbocycles. The first-order valence-corrected chi connectivity index (χ1v) is 10.1. The van der Waals surface area contributed by atoms with Gasteiger partial charge in [-0.3, -0.25) is 4.99 Å². The lowest BCUT2D eigenvalue weighted by atomic mass is 10.1. The van der Waals surface area contributed by atoms with Crippen molar-refractivity contribution in [3.63, 3.8) is 0 Å². The van der Waals surface area contributed by atoms with E-state index in [-0.39, 0.29) is 0 Å². The molecule has 0 aliphatic carbocycles. The monoisotopic (exact) mass is 407 g/mol. The van der Waals surface area contributed by atoms with Gasteiger partial charge in [0.05, 0.1) is 6.54 Å². The van der Waals surface area contributed by atoms with Crippen molar-refractivity contribution in [2.75, 3.05) is 0 Å². The molecule has 0 spiro atoms. The minimum absolute atomic E-state index is 0.508. The third-order valence-corrected chi connectivity index (χ3v) is 5.04. The molecule has 4 aromatic rings. The average molecular weight is 407 g/mol. The number of rotatable bonds is 6. The molecule has 1 aliphatic heterocycles. The Morgan fingerprint density at radius 3 is 2.58 bits per heavy atom. The Bertz CT molecular complexity index is 1260. The van der Waals surface area contributed by atoms with Crippen molar-refractivity contribution in [2.45, 2.75) is 20.1 Å². The van der Waals surface area contributed by atoms with Crippen LogP contribution in [-0.4, -0.2) is 26.3 Å². The number of ether oxygens (including phenoxy) is 1. The summed E-state index contributed by atoms with van der Waals surface area (Å²) in [4.78, 5) is 13.7. The van der Waals surface area contributed by atoms with E-state index in [9.17, 15) is 0 Å². The van der Waals surface area contributed by atoms with Crippen molar-refractivity contribution in [2.24, 2.45) is 9.98 Å². The van der Waals surface area contributed by atoms with Crippen LogP contribution in [0, 0.1) is 6.92 Å². The number of aromatic nitrogens is 3. The SMILES string of the molecule is Cc1ccc(CN=C2C(c3cccc(OCc4ccccc4)c3)=Nc3ncnn32)cc1. The summed E-state index contributed by atoms with van der Waals surface area (Å²) in [5.41, 5.74) is 5.14. The van der Waals surface area contributed by atoms with Crippen LogP contribution in [0.3, 0.4) is 0 Å². The van der Waals surface area contributed by atoms with Crippen molar-refractivity contribution in [1.29, 1.82) is 0 Å². The second kappa shape index (κ2) is 8.36. The number of nitrogens with zero attached hydrogens (tertiary/aromatic N) is 5. The molecule has 0 unspecified atom stereocenters. The van der Waals surface area contributed by atoms with E-state index in [2.05, 4.69) is 46.3 Å². The lowest BCUT2D eigenvalue weighted by molar-refractivity contribution is 0.306. The first-order chi connectivity index (χ1) is 15.3. The fraction of sp³-hybridized carbons (Fsp3) is 0.120. The number of aryl methyl sites for hydroxylation is 1. The third kappa shape index (κ3) is 4.14. The predicted octanol–water partition coefficient (Wildman–Crippen LogP) is 4.75. The maximum Gasteiger partial charge on any atom is 0.254 e. The summed E-state index contributed by atoms with van der Waals surface area (Å²) in [7, 11) is 0. The van der Waals surface area contributed by atoms with E-state index in [1.54, 1.807) is 4.68 Å². The lowest BCUT2D eigenvalue weighted by Crippen LogP contribution is -2.20. The summed E-state index contributed by atoms with van der Waals surface area (Å²) in [6.45, 7) is 3.12. The quantitative estimate of drug-likeness (QED) is 0.463. The Hall–Kier alpha value is -4.06. The molecule has 0 saturated heterocycles. The minimum atomic E-state index is 0.508. The van der Waals surface area contributed by atoms with Gasteiger partial charge in [0.2, 0.25) is 0 Å². The summed E-state index contributed by atoms with van der Waals surface area (Å²) >= 11 is 0. The zero-order valence-electron chi connectivity index (χ0n) is 17.1. The zero-order valence-corrected chi connectivity index (χ0v) is 17.1. The summed E-state index contributed by atoms with van der Waals surface area (Å²) in [6, 6.07) is 26.4. The molecule has 6 nitrogen and oxygen atoms in total. The van der Waals surface area contributed by atoms with Crippen molar-refractivity contribution >= 4 is 17.5 Å². The van der Waals surface area contributed by atoms with Gasteiger partial charge < -0.3 is 4.74 Å². The Morgan fingerprint density at radius 2 is 1.74 bits per heavy atom. The van der Waals surface area contributed by atoms with Crippen LogP contribution in [-0.2, 0) is 13.2 Å². The average Bonchev–Trinajstić information content (AvgIpc) is 3.40. The number of benzene rings is 3. The van der Waals surface area contributed by atoms with Gasteiger partial charge in [-0.25, -0.2) is 4.99 Å². The Kier molecular flexibility index (Phi) is 5.10. The second-order valence-corrected chi connectivity index (χ2v) is 7.36. The van der Waals surface area contributed by atoms with Gasteiger partial charge in [0.15, 0.2) is 5.84 Å². The maximum absolute atomic E-state index is 5.99. The first-order valence-electron chi connectivity index (χ1n) is 10.1. The number of hydrogen-bond acceptors (Lipinski definition) is 5. The highest BCUT2D eigenvalue weighted by Crippen LogP contribution is 2.23. The fourth-order valence-electron chi connectivity index (χ4n) is 3.38. The molecule has 0 N–H and O–H groups in total. The van der Waals surface area contributed by atoms with Crippen molar-refractivity contribution < 1.29 is 4.74 Å². The fourth-order valence-corrected chi connectivity index (χ4v) is 3.38. The molecule has 0 atom stereocenters. The smallest absolute Gasteiger partial charge is 0.254 e. The second-order valence-electron chi connectivity index (χ2n) is 7.36. The standard InChI is InChI=1S/C25H21N5O/c1-18-10-12-19(13-11-18)15-26-24-23(29-25-27-17-28-30(24)25)21-8-5-9-22(14-21)31-16-20-6-3-2-4-7-20/h2-14,17H,15-16H2,1H3. The first kappa shape index (κ1) is 18.9. The molecule has 5 rings (SSSR count). The molecule has 0 bridgehead atoms. The summed E-state index contributed by atoms with van der Waals surface area (Å²) in [5, 5.41) is 4.31. The van der Waals surface area contributed by atoms with E-state index in [1.807, 2.05) is 54.6 Å². The molecular weight excluding hydrogens is 386 g/mol. The molecule has 6 heteroatoms. The summed E-state index contributed by atoms with van der Waals surface area (Å²) in [5.74, 6) is 2.00. The Balaban J connectivity index is 1.41. The van der Waals surface area contributed by atoms with Crippen LogP contribution in [0.25, 0.3) is 0 Å². The number of hydrogen-bond donors (Lipinski definition) is 0. The molecule has 0 amide bonds. The summed E-state index contributed by atoms with van der Waals surface area (Å²) in [6.07, 6.45) is 1.50. The van der Waals surface area contributed by atoms with Crippen LogP contribution in [0.1, 0.15) is 22.3 Å². The lowest BCUT2D eigenvalue weighted by Gasteiger charge is -2.09. The predicted molar refractivity (Wildman–Crippen MR) is 121 cm³/mol.